The van der Waals surface area contributed by atoms with Crippen LogP contribution in [0.3, 0.4) is 0 Å². The van der Waals surface area contributed by atoms with Crippen LogP contribution in [0.15, 0.2) is 42.5 Å². The van der Waals surface area contributed by atoms with Gasteiger partial charge in [0.25, 0.3) is 0 Å². The molecule has 3 aromatic rings. The van der Waals surface area contributed by atoms with Gasteiger partial charge >= 0.3 is 0 Å². The minimum Gasteiger partial charge on any atom is -0.378 e. The molecule has 19 heavy (non-hydrogen) atoms. The van der Waals surface area contributed by atoms with Crippen molar-refractivity contribution >= 4 is 61.4 Å². The predicted molar refractivity (Wildman–Crippen MR) is 91.1 cm³/mol. The second-order valence-electron chi connectivity index (χ2n) is 4.05. The van der Waals surface area contributed by atoms with Crippen LogP contribution in [-0.2, 0) is 6.54 Å². The monoisotopic (exact) mass is 400 g/mol. The fourth-order valence-electron chi connectivity index (χ4n) is 1.80. The number of halogens is 2. The Morgan fingerprint density at radius 1 is 1.21 bits per heavy atom. The molecule has 0 unspecified atom stereocenters. The summed E-state index contributed by atoms with van der Waals surface area (Å²) in [5.41, 5.74) is 2.15. The topological polar surface area (TPSA) is 24.9 Å². The first-order chi connectivity index (χ1) is 9.22. The lowest BCUT2D eigenvalue weighted by Gasteiger charge is -2.06. The quantitative estimate of drug-likeness (QED) is 0.614. The molecule has 0 saturated carbocycles. The van der Waals surface area contributed by atoms with Gasteiger partial charge in [-0.3, -0.25) is 0 Å². The highest BCUT2D eigenvalue weighted by molar-refractivity contribution is 14.1. The van der Waals surface area contributed by atoms with Crippen molar-refractivity contribution in [2.45, 2.75) is 6.54 Å². The van der Waals surface area contributed by atoms with E-state index in [2.05, 4.69) is 39.0 Å². The SMILES string of the molecule is Clc1ccc(NCc2nc3ccccc3s2)c(I)c1. The fourth-order valence-corrected chi connectivity index (χ4v) is 3.77. The molecule has 96 valence electrons. The molecule has 1 N–H and O–H groups in total. The molecule has 2 aromatic carbocycles. The van der Waals surface area contributed by atoms with Crippen LogP contribution in [0.25, 0.3) is 10.2 Å². The van der Waals surface area contributed by atoms with Crippen LogP contribution in [0.2, 0.25) is 5.02 Å². The zero-order valence-corrected chi connectivity index (χ0v) is 13.6. The van der Waals surface area contributed by atoms with E-state index in [1.165, 1.54) is 4.70 Å². The third-order valence-corrected chi connectivity index (χ3v) is 4.86. The minimum atomic E-state index is 0.733. The van der Waals surface area contributed by atoms with Crippen molar-refractivity contribution in [3.05, 3.63) is 56.1 Å². The summed E-state index contributed by atoms with van der Waals surface area (Å²) in [6, 6.07) is 14.0. The normalized spacial score (nSPS) is 10.8. The molecule has 0 aliphatic rings. The first kappa shape index (κ1) is 13.1. The molecule has 0 radical (unpaired) electrons. The number of hydrogen-bond acceptors (Lipinski definition) is 3. The first-order valence-electron chi connectivity index (χ1n) is 5.76. The Labute approximate surface area is 134 Å². The Balaban J connectivity index is 1.78. The minimum absolute atomic E-state index is 0.733. The van der Waals surface area contributed by atoms with E-state index in [9.17, 15) is 0 Å². The molecular weight excluding hydrogens is 391 g/mol. The lowest BCUT2D eigenvalue weighted by Crippen LogP contribution is -2.00. The van der Waals surface area contributed by atoms with E-state index in [0.717, 1.165) is 31.3 Å². The van der Waals surface area contributed by atoms with Crippen molar-refractivity contribution in [3.63, 3.8) is 0 Å². The van der Waals surface area contributed by atoms with E-state index < -0.39 is 0 Å². The van der Waals surface area contributed by atoms with Gasteiger partial charge in [0.1, 0.15) is 5.01 Å². The van der Waals surface area contributed by atoms with Gasteiger partial charge in [0, 0.05) is 14.3 Å². The first-order valence-corrected chi connectivity index (χ1v) is 8.03. The molecule has 0 spiro atoms. The maximum Gasteiger partial charge on any atom is 0.113 e. The van der Waals surface area contributed by atoms with Crippen LogP contribution in [0.1, 0.15) is 5.01 Å². The number of nitrogens with zero attached hydrogens (tertiary/aromatic N) is 1. The average Bonchev–Trinajstić information content (AvgIpc) is 2.80. The van der Waals surface area contributed by atoms with Gasteiger partial charge in [0.2, 0.25) is 0 Å². The highest BCUT2D eigenvalue weighted by Gasteiger charge is 2.04. The Kier molecular flexibility index (Phi) is 3.91. The molecule has 1 aromatic heterocycles. The van der Waals surface area contributed by atoms with Gasteiger partial charge in [-0.05, 0) is 52.9 Å². The zero-order valence-electron chi connectivity index (χ0n) is 9.86. The maximum atomic E-state index is 5.94. The van der Waals surface area contributed by atoms with E-state index in [4.69, 9.17) is 11.6 Å². The van der Waals surface area contributed by atoms with Crippen molar-refractivity contribution in [3.8, 4) is 0 Å². The van der Waals surface area contributed by atoms with E-state index >= 15 is 0 Å². The van der Waals surface area contributed by atoms with E-state index in [1.807, 2.05) is 36.4 Å². The van der Waals surface area contributed by atoms with Crippen molar-refractivity contribution in [1.29, 1.82) is 0 Å². The molecule has 0 aliphatic carbocycles. The maximum absolute atomic E-state index is 5.94. The number of thiazole rings is 1. The van der Waals surface area contributed by atoms with E-state index in [1.54, 1.807) is 11.3 Å². The average molecular weight is 401 g/mol. The molecule has 1 heterocycles. The van der Waals surface area contributed by atoms with Gasteiger partial charge in [-0.1, -0.05) is 23.7 Å². The molecule has 0 aliphatic heterocycles. The molecule has 0 amide bonds. The standard InChI is InChI=1S/C14H10ClIN2S/c15-9-5-6-11(10(16)7-9)17-8-14-18-12-3-1-2-4-13(12)19-14/h1-7,17H,8H2. The second-order valence-corrected chi connectivity index (χ2v) is 6.77. The van der Waals surface area contributed by atoms with Crippen LogP contribution < -0.4 is 5.32 Å². The Hall–Kier alpha value is -0.850. The van der Waals surface area contributed by atoms with Gasteiger partial charge in [-0.2, -0.15) is 0 Å². The van der Waals surface area contributed by atoms with Crippen LogP contribution in [0.4, 0.5) is 5.69 Å². The number of benzene rings is 2. The molecule has 2 nitrogen and oxygen atoms in total. The smallest absolute Gasteiger partial charge is 0.113 e. The summed E-state index contributed by atoms with van der Waals surface area (Å²) in [6.45, 7) is 0.733. The summed E-state index contributed by atoms with van der Waals surface area (Å²) in [6.07, 6.45) is 0. The van der Waals surface area contributed by atoms with Crippen molar-refractivity contribution in [2.24, 2.45) is 0 Å². The molecule has 3 rings (SSSR count). The summed E-state index contributed by atoms with van der Waals surface area (Å²) < 4.78 is 2.34. The second kappa shape index (κ2) is 5.64. The number of para-hydroxylation sites is 1. The number of fused-ring (bicyclic) bond motifs is 1. The van der Waals surface area contributed by atoms with Crippen LogP contribution in [-0.4, -0.2) is 4.98 Å². The van der Waals surface area contributed by atoms with Gasteiger partial charge in [-0.15, -0.1) is 11.3 Å². The van der Waals surface area contributed by atoms with Crippen LogP contribution in [0, 0.1) is 3.57 Å². The number of hydrogen-bond donors (Lipinski definition) is 1. The summed E-state index contributed by atoms with van der Waals surface area (Å²) >= 11 is 9.95. The molecule has 0 bridgehead atoms. The number of rotatable bonds is 3. The molecule has 0 saturated heterocycles. The fraction of sp³-hybridized carbons (Fsp3) is 0.0714. The highest BCUT2D eigenvalue weighted by Crippen LogP contribution is 2.25. The highest BCUT2D eigenvalue weighted by atomic mass is 127. The van der Waals surface area contributed by atoms with Crippen molar-refractivity contribution in [1.82, 2.24) is 4.98 Å². The largest absolute Gasteiger partial charge is 0.378 e. The Morgan fingerprint density at radius 2 is 2.05 bits per heavy atom. The molecule has 0 fully saturated rings. The van der Waals surface area contributed by atoms with Crippen molar-refractivity contribution < 1.29 is 0 Å². The van der Waals surface area contributed by atoms with Gasteiger partial charge in [0.15, 0.2) is 0 Å². The van der Waals surface area contributed by atoms with E-state index in [0.29, 0.717) is 0 Å². The number of aromatic nitrogens is 1. The summed E-state index contributed by atoms with van der Waals surface area (Å²) in [5.74, 6) is 0. The number of nitrogens with one attached hydrogen (secondary N) is 1. The summed E-state index contributed by atoms with van der Waals surface area (Å²) in [7, 11) is 0. The molecular formula is C14H10ClIN2S. The molecule has 5 heteroatoms. The summed E-state index contributed by atoms with van der Waals surface area (Å²) in [4.78, 5) is 4.60. The predicted octanol–water partition coefficient (Wildman–Crippen LogP) is 5.17. The van der Waals surface area contributed by atoms with Crippen LogP contribution in [0.5, 0.6) is 0 Å². The van der Waals surface area contributed by atoms with Gasteiger partial charge < -0.3 is 5.32 Å². The van der Waals surface area contributed by atoms with Gasteiger partial charge in [-0.25, -0.2) is 4.98 Å². The third kappa shape index (κ3) is 3.01. The third-order valence-electron chi connectivity index (χ3n) is 2.70. The zero-order chi connectivity index (χ0) is 13.2. The Morgan fingerprint density at radius 3 is 2.84 bits per heavy atom. The van der Waals surface area contributed by atoms with Crippen LogP contribution >= 0.6 is 45.5 Å². The Bertz CT molecular complexity index is 693. The van der Waals surface area contributed by atoms with Gasteiger partial charge in [0.05, 0.1) is 16.8 Å². The lowest BCUT2D eigenvalue weighted by atomic mass is 10.3. The summed E-state index contributed by atoms with van der Waals surface area (Å²) in [5, 5.41) is 5.25. The molecule has 0 atom stereocenters. The lowest BCUT2D eigenvalue weighted by molar-refractivity contribution is 1.11. The number of anilines is 1. The van der Waals surface area contributed by atoms with E-state index in [-0.39, 0.29) is 0 Å². The van der Waals surface area contributed by atoms with Crippen molar-refractivity contribution in [2.75, 3.05) is 5.32 Å².